The van der Waals surface area contributed by atoms with Gasteiger partial charge in [-0.3, -0.25) is 9.80 Å². The number of fused-ring (bicyclic) bond motifs is 3. The Bertz CT molecular complexity index is 1250. The lowest BCUT2D eigenvalue weighted by Crippen LogP contribution is -2.44. The lowest BCUT2D eigenvalue weighted by atomic mass is 10.1. The van der Waals surface area contributed by atoms with Crippen LogP contribution in [-0.4, -0.2) is 82.5 Å². The fraction of sp³-hybridized carbons (Fsp3) is 0.261. The summed E-state index contributed by atoms with van der Waals surface area (Å²) in [5.74, 6) is 6.97. The highest BCUT2D eigenvalue weighted by molar-refractivity contribution is 6.12. The first kappa shape index (κ1) is 20.6. The van der Waals surface area contributed by atoms with Crippen molar-refractivity contribution in [2.24, 2.45) is 15.8 Å². The molecule has 2 amide bonds. The van der Waals surface area contributed by atoms with E-state index in [2.05, 4.69) is 16.0 Å². The Labute approximate surface area is 195 Å². The number of hydrogen-bond donors (Lipinski definition) is 1. The van der Waals surface area contributed by atoms with Crippen molar-refractivity contribution in [3.05, 3.63) is 71.6 Å². The highest BCUT2D eigenvalue weighted by atomic mass is 19.1. The number of hydrogen-bond acceptors (Lipinski definition) is 8. The summed E-state index contributed by atoms with van der Waals surface area (Å²) in [5.41, 5.74) is 3.37. The van der Waals surface area contributed by atoms with Crippen molar-refractivity contribution in [2.75, 3.05) is 33.2 Å². The number of hydrazine groups is 2. The molecule has 4 aliphatic rings. The monoisotopic (exact) mass is 462 g/mol. The Morgan fingerprint density at radius 2 is 2.03 bits per heavy atom. The average Bonchev–Trinajstić information content (AvgIpc) is 3.62. The Morgan fingerprint density at radius 3 is 2.79 bits per heavy atom. The maximum Gasteiger partial charge on any atom is 0.341 e. The van der Waals surface area contributed by atoms with Crippen LogP contribution in [0.5, 0.6) is 0 Å². The maximum absolute atomic E-state index is 13.2. The second kappa shape index (κ2) is 7.82. The van der Waals surface area contributed by atoms with Crippen molar-refractivity contribution < 1.29 is 13.6 Å². The van der Waals surface area contributed by atoms with E-state index in [0.29, 0.717) is 36.1 Å². The van der Waals surface area contributed by atoms with Crippen molar-refractivity contribution in [1.29, 1.82) is 0 Å². The van der Waals surface area contributed by atoms with Gasteiger partial charge in [-0.2, -0.15) is 0 Å². The van der Waals surface area contributed by atoms with E-state index in [0.717, 1.165) is 24.2 Å². The van der Waals surface area contributed by atoms with Gasteiger partial charge in [-0.05, 0) is 35.4 Å². The Balaban J connectivity index is 1.20. The molecule has 174 valence electrons. The van der Waals surface area contributed by atoms with Crippen LogP contribution in [0.1, 0.15) is 11.3 Å². The number of furan rings is 1. The molecule has 0 aliphatic carbocycles. The summed E-state index contributed by atoms with van der Waals surface area (Å²) >= 11 is 0. The lowest BCUT2D eigenvalue weighted by molar-refractivity contribution is 0.0850. The van der Waals surface area contributed by atoms with E-state index in [4.69, 9.17) is 15.3 Å². The summed E-state index contributed by atoms with van der Waals surface area (Å²) in [7, 11) is 1.71. The van der Waals surface area contributed by atoms with Crippen LogP contribution in [0.2, 0.25) is 0 Å². The van der Waals surface area contributed by atoms with Gasteiger partial charge < -0.3 is 4.42 Å². The van der Waals surface area contributed by atoms with E-state index in [-0.39, 0.29) is 11.8 Å². The molecule has 5 heterocycles. The van der Waals surface area contributed by atoms with Gasteiger partial charge in [-0.15, -0.1) is 0 Å². The number of carbonyl (C=O) groups excluding carboxylic acids is 1. The zero-order valence-corrected chi connectivity index (χ0v) is 18.5. The molecule has 34 heavy (non-hydrogen) atoms. The molecule has 0 saturated carbocycles. The third kappa shape index (κ3) is 3.20. The topological polar surface area (TPSA) is 97.1 Å². The van der Waals surface area contributed by atoms with Crippen LogP contribution >= 0.6 is 0 Å². The smallest absolute Gasteiger partial charge is 0.341 e. The maximum atomic E-state index is 13.2. The van der Waals surface area contributed by atoms with Gasteiger partial charge >= 0.3 is 6.03 Å². The van der Waals surface area contributed by atoms with Crippen LogP contribution in [0.25, 0.3) is 11.3 Å². The minimum atomic E-state index is -0.549. The molecule has 2 N–H and O–H groups in total. The quantitative estimate of drug-likeness (QED) is 0.683. The zero-order chi connectivity index (χ0) is 23.4. The first-order chi connectivity index (χ1) is 16.5. The van der Waals surface area contributed by atoms with Crippen molar-refractivity contribution >= 4 is 29.5 Å². The van der Waals surface area contributed by atoms with Gasteiger partial charge in [0, 0.05) is 33.2 Å². The number of rotatable bonds is 5. The number of carbonyl (C=O) groups is 1. The van der Waals surface area contributed by atoms with Gasteiger partial charge in [0.05, 0.1) is 6.26 Å². The van der Waals surface area contributed by atoms with Crippen molar-refractivity contribution in [2.45, 2.75) is 6.29 Å². The molecule has 0 radical (unpaired) electrons. The SMILES string of the molecule is CN1C(=O)N(CCN2CC=C(c3ccc(F)cc3)C2)C2N=C3C(=C(c4ccco4)N=CN3N)N21. The molecule has 0 bridgehead atoms. The summed E-state index contributed by atoms with van der Waals surface area (Å²) in [6, 6.07) is 9.98. The van der Waals surface area contributed by atoms with Crippen LogP contribution in [0.4, 0.5) is 9.18 Å². The summed E-state index contributed by atoms with van der Waals surface area (Å²) in [6.45, 7) is 2.67. The minimum Gasteiger partial charge on any atom is -0.463 e. The normalized spacial score (nSPS) is 22.1. The van der Waals surface area contributed by atoms with E-state index in [1.54, 1.807) is 46.4 Å². The van der Waals surface area contributed by atoms with E-state index >= 15 is 0 Å². The molecule has 0 spiro atoms. The summed E-state index contributed by atoms with van der Waals surface area (Å²) in [4.78, 5) is 26.3. The molecule has 1 saturated heterocycles. The minimum absolute atomic E-state index is 0.150. The predicted octanol–water partition coefficient (Wildman–Crippen LogP) is 1.98. The number of aliphatic imine (C=N–C) groups is 2. The van der Waals surface area contributed by atoms with E-state index < -0.39 is 6.29 Å². The van der Waals surface area contributed by atoms with Gasteiger partial charge in [0.1, 0.15) is 23.5 Å². The number of benzene rings is 1. The van der Waals surface area contributed by atoms with Gasteiger partial charge in [-0.1, -0.05) is 18.2 Å². The Morgan fingerprint density at radius 1 is 1.21 bits per heavy atom. The van der Waals surface area contributed by atoms with Crippen LogP contribution in [-0.2, 0) is 0 Å². The fourth-order valence-corrected chi connectivity index (χ4v) is 4.67. The zero-order valence-electron chi connectivity index (χ0n) is 18.5. The largest absolute Gasteiger partial charge is 0.463 e. The second-order valence-electron chi connectivity index (χ2n) is 8.44. The summed E-state index contributed by atoms with van der Waals surface area (Å²) in [5, 5.41) is 4.70. The molecule has 1 aromatic heterocycles. The summed E-state index contributed by atoms with van der Waals surface area (Å²) < 4.78 is 18.8. The molecule has 10 nitrogen and oxygen atoms in total. The van der Waals surface area contributed by atoms with E-state index in [9.17, 15) is 9.18 Å². The number of urea groups is 1. The van der Waals surface area contributed by atoms with Gasteiger partial charge in [-0.25, -0.2) is 40.0 Å². The number of amidine groups is 1. The molecule has 1 atom stereocenters. The predicted molar refractivity (Wildman–Crippen MR) is 124 cm³/mol. The van der Waals surface area contributed by atoms with E-state index in [1.807, 2.05) is 6.07 Å². The highest BCUT2D eigenvalue weighted by Gasteiger charge is 2.51. The van der Waals surface area contributed by atoms with Gasteiger partial charge in [0.25, 0.3) is 0 Å². The Hall–Kier alpha value is -3.96. The molecule has 1 unspecified atom stereocenters. The summed E-state index contributed by atoms with van der Waals surface area (Å²) in [6.07, 6.45) is 4.66. The fourth-order valence-electron chi connectivity index (χ4n) is 4.67. The third-order valence-corrected chi connectivity index (χ3v) is 6.42. The van der Waals surface area contributed by atoms with Crippen molar-refractivity contribution in [3.8, 4) is 0 Å². The number of nitrogens with two attached hydrogens (primary N) is 1. The molecular formula is C23H23FN8O2. The average molecular weight is 462 g/mol. The molecule has 1 fully saturated rings. The Kier molecular flexibility index (Phi) is 4.74. The highest BCUT2D eigenvalue weighted by Crippen LogP contribution is 2.38. The molecule has 2 aromatic rings. The second-order valence-corrected chi connectivity index (χ2v) is 8.44. The van der Waals surface area contributed by atoms with Gasteiger partial charge in [0.15, 0.2) is 11.6 Å². The van der Waals surface area contributed by atoms with Crippen molar-refractivity contribution in [3.63, 3.8) is 0 Å². The number of nitrogens with zero attached hydrogens (tertiary/aromatic N) is 7. The molecular weight excluding hydrogens is 439 g/mol. The molecule has 11 heteroatoms. The van der Waals surface area contributed by atoms with Crippen LogP contribution in [0.15, 0.2) is 68.8 Å². The standard InChI is InChI=1S/C23H23FN8O2/c1-28-23(33)30(11-10-29-9-8-16(13-29)15-4-6-17(24)7-5-15)22-27-21-20(32(22)28)19(26-14-31(21)25)18-3-2-12-34-18/h2-8,12,14,22H,9-11,13,25H2,1H3. The first-order valence-electron chi connectivity index (χ1n) is 11.0. The third-order valence-electron chi connectivity index (χ3n) is 6.42. The van der Waals surface area contributed by atoms with E-state index in [1.165, 1.54) is 23.5 Å². The van der Waals surface area contributed by atoms with Gasteiger partial charge in [0.2, 0.25) is 6.29 Å². The van der Waals surface area contributed by atoms with Crippen LogP contribution < -0.4 is 5.84 Å². The number of amides is 2. The van der Waals surface area contributed by atoms with Crippen LogP contribution in [0.3, 0.4) is 0 Å². The lowest BCUT2D eigenvalue weighted by Gasteiger charge is -2.28. The number of halogens is 1. The molecule has 6 rings (SSSR count). The van der Waals surface area contributed by atoms with Crippen LogP contribution in [0, 0.1) is 5.82 Å². The molecule has 1 aromatic carbocycles. The van der Waals surface area contributed by atoms with Crippen molar-refractivity contribution in [1.82, 2.24) is 24.8 Å². The first-order valence-corrected chi connectivity index (χ1v) is 11.0. The molecule has 4 aliphatic heterocycles.